The summed E-state index contributed by atoms with van der Waals surface area (Å²) in [5, 5.41) is 5.35. The molecule has 1 aliphatic heterocycles. The van der Waals surface area contributed by atoms with Crippen LogP contribution < -0.4 is 10.6 Å². The molecule has 1 aliphatic rings. The maximum Gasteiger partial charge on any atom is 0.416 e. The Labute approximate surface area is 138 Å². The van der Waals surface area contributed by atoms with Crippen LogP contribution in [0.15, 0.2) is 24.3 Å². The summed E-state index contributed by atoms with van der Waals surface area (Å²) in [6.45, 7) is 0.673. The van der Waals surface area contributed by atoms with Gasteiger partial charge in [-0.25, -0.2) is 0 Å². The molecule has 1 atom stereocenters. The largest absolute Gasteiger partial charge is 0.416 e. The van der Waals surface area contributed by atoms with Crippen molar-refractivity contribution in [3.8, 4) is 0 Å². The Balaban J connectivity index is 2.04. The molecule has 0 aliphatic carbocycles. The van der Waals surface area contributed by atoms with E-state index in [1.54, 1.807) is 13.1 Å². The van der Waals surface area contributed by atoms with Crippen molar-refractivity contribution in [3.05, 3.63) is 35.4 Å². The first-order valence-corrected chi connectivity index (χ1v) is 7.70. The highest BCUT2D eigenvalue weighted by atomic mass is 19.4. The van der Waals surface area contributed by atoms with Crippen LogP contribution >= 0.6 is 0 Å². The normalized spacial score (nSPS) is 18.6. The van der Waals surface area contributed by atoms with Crippen LogP contribution in [0.5, 0.6) is 0 Å². The molecule has 8 heteroatoms. The van der Waals surface area contributed by atoms with E-state index in [1.165, 1.54) is 11.0 Å². The minimum Gasteiger partial charge on any atom is -0.343 e. The molecule has 2 amide bonds. The standard InChI is InChI=1S/C16H20F3N3O2/c1-20-9-14(23)21-13-6-3-7-22(15(13)24)10-11-4-2-5-12(8-11)16(17,18)19/h2,4-5,8,13,20H,3,6-7,9-10H2,1H3,(H,21,23). The number of rotatable bonds is 5. The van der Waals surface area contributed by atoms with Gasteiger partial charge in [-0.15, -0.1) is 0 Å². The lowest BCUT2D eigenvalue weighted by atomic mass is 10.0. The zero-order valence-corrected chi connectivity index (χ0v) is 13.3. The quantitative estimate of drug-likeness (QED) is 0.852. The molecule has 2 N–H and O–H groups in total. The lowest BCUT2D eigenvalue weighted by Gasteiger charge is -2.32. The third-order valence-electron chi connectivity index (χ3n) is 3.83. The third-order valence-corrected chi connectivity index (χ3v) is 3.83. The van der Waals surface area contributed by atoms with Gasteiger partial charge in [0.05, 0.1) is 12.1 Å². The van der Waals surface area contributed by atoms with E-state index < -0.39 is 17.8 Å². The van der Waals surface area contributed by atoms with Crippen LogP contribution in [-0.4, -0.2) is 42.9 Å². The van der Waals surface area contributed by atoms with E-state index in [1.807, 2.05) is 0 Å². The molecule has 1 saturated heterocycles. The lowest BCUT2D eigenvalue weighted by Crippen LogP contribution is -2.53. The molecule has 132 valence electrons. The molecule has 0 saturated carbocycles. The minimum absolute atomic E-state index is 0.0984. The van der Waals surface area contributed by atoms with Crippen LogP contribution in [-0.2, 0) is 22.3 Å². The molecule has 1 heterocycles. The van der Waals surface area contributed by atoms with Crippen LogP contribution in [0, 0.1) is 0 Å². The van der Waals surface area contributed by atoms with E-state index in [9.17, 15) is 22.8 Å². The van der Waals surface area contributed by atoms with Gasteiger partial charge < -0.3 is 15.5 Å². The van der Waals surface area contributed by atoms with Gasteiger partial charge in [0, 0.05) is 13.1 Å². The maximum absolute atomic E-state index is 12.8. The zero-order valence-electron chi connectivity index (χ0n) is 13.3. The number of benzene rings is 1. The van der Waals surface area contributed by atoms with E-state index in [0.717, 1.165) is 12.1 Å². The number of amides is 2. The predicted molar refractivity (Wildman–Crippen MR) is 82.0 cm³/mol. The summed E-state index contributed by atoms with van der Waals surface area (Å²) in [5.74, 6) is -0.542. The second kappa shape index (κ2) is 7.65. The highest BCUT2D eigenvalue weighted by Crippen LogP contribution is 2.30. The molecule has 1 aromatic carbocycles. The van der Waals surface area contributed by atoms with Crippen molar-refractivity contribution in [2.75, 3.05) is 20.1 Å². The third kappa shape index (κ3) is 4.70. The van der Waals surface area contributed by atoms with E-state index in [0.29, 0.717) is 24.9 Å². The Kier molecular flexibility index (Phi) is 5.82. The molecule has 1 fully saturated rings. The fraction of sp³-hybridized carbons (Fsp3) is 0.500. The first-order valence-electron chi connectivity index (χ1n) is 7.70. The first-order chi connectivity index (χ1) is 11.3. The first kappa shape index (κ1) is 18.3. The number of carbonyl (C=O) groups excluding carboxylic acids is 2. The van der Waals surface area contributed by atoms with Gasteiger partial charge in [0.25, 0.3) is 0 Å². The molecular formula is C16H20F3N3O2. The van der Waals surface area contributed by atoms with Crippen LogP contribution in [0.2, 0.25) is 0 Å². The summed E-state index contributed by atoms with van der Waals surface area (Å²) in [6, 6.07) is 4.33. The summed E-state index contributed by atoms with van der Waals surface area (Å²) in [4.78, 5) is 25.5. The molecule has 1 aromatic rings. The summed E-state index contributed by atoms with van der Waals surface area (Å²) in [7, 11) is 1.63. The molecule has 2 rings (SSSR count). The number of piperidine rings is 1. The fourth-order valence-electron chi connectivity index (χ4n) is 2.70. The number of likely N-dealkylation sites (N-methyl/N-ethyl adjacent to an activating group) is 1. The van der Waals surface area contributed by atoms with E-state index in [-0.39, 0.29) is 24.9 Å². The van der Waals surface area contributed by atoms with Crippen LogP contribution in [0.4, 0.5) is 13.2 Å². The molecular weight excluding hydrogens is 323 g/mol. The van der Waals surface area contributed by atoms with Gasteiger partial charge in [-0.3, -0.25) is 9.59 Å². The second-order valence-corrected chi connectivity index (χ2v) is 5.75. The van der Waals surface area contributed by atoms with Crippen molar-refractivity contribution in [1.29, 1.82) is 0 Å². The Morgan fingerprint density at radius 2 is 2.12 bits per heavy atom. The molecule has 0 radical (unpaired) electrons. The van der Waals surface area contributed by atoms with Crippen molar-refractivity contribution in [3.63, 3.8) is 0 Å². The average Bonchev–Trinajstić information content (AvgIpc) is 2.51. The highest BCUT2D eigenvalue weighted by Gasteiger charge is 2.32. The van der Waals surface area contributed by atoms with Gasteiger partial charge in [0.15, 0.2) is 0 Å². The molecule has 24 heavy (non-hydrogen) atoms. The summed E-state index contributed by atoms with van der Waals surface area (Å²) < 4.78 is 38.3. The number of likely N-dealkylation sites (tertiary alicyclic amines) is 1. The van der Waals surface area contributed by atoms with Gasteiger partial charge in [-0.2, -0.15) is 13.2 Å². The average molecular weight is 343 g/mol. The fourth-order valence-corrected chi connectivity index (χ4v) is 2.70. The summed E-state index contributed by atoms with van der Waals surface area (Å²) in [5.41, 5.74) is -0.316. The summed E-state index contributed by atoms with van der Waals surface area (Å²) in [6.07, 6.45) is -3.19. The zero-order chi connectivity index (χ0) is 17.7. The Hall–Kier alpha value is -2.09. The molecule has 1 unspecified atom stereocenters. The van der Waals surface area contributed by atoms with Gasteiger partial charge in [-0.1, -0.05) is 12.1 Å². The highest BCUT2D eigenvalue weighted by molar-refractivity contribution is 5.88. The number of hydrogen-bond acceptors (Lipinski definition) is 3. The molecule has 0 aromatic heterocycles. The Morgan fingerprint density at radius 3 is 2.79 bits per heavy atom. The number of carbonyl (C=O) groups is 2. The maximum atomic E-state index is 12.8. The monoisotopic (exact) mass is 343 g/mol. The van der Waals surface area contributed by atoms with Gasteiger partial charge >= 0.3 is 6.18 Å². The summed E-state index contributed by atoms with van der Waals surface area (Å²) >= 11 is 0. The number of hydrogen-bond donors (Lipinski definition) is 2. The van der Waals surface area contributed by atoms with E-state index in [4.69, 9.17) is 0 Å². The number of nitrogens with one attached hydrogen (secondary N) is 2. The Morgan fingerprint density at radius 1 is 1.38 bits per heavy atom. The van der Waals surface area contributed by atoms with E-state index >= 15 is 0 Å². The van der Waals surface area contributed by atoms with Crippen molar-refractivity contribution < 1.29 is 22.8 Å². The van der Waals surface area contributed by atoms with Crippen LogP contribution in [0.1, 0.15) is 24.0 Å². The second-order valence-electron chi connectivity index (χ2n) is 5.75. The predicted octanol–water partition coefficient (Wildman–Crippen LogP) is 1.53. The number of halogens is 3. The van der Waals surface area contributed by atoms with Crippen LogP contribution in [0.3, 0.4) is 0 Å². The van der Waals surface area contributed by atoms with Gasteiger partial charge in [0.2, 0.25) is 11.8 Å². The van der Waals surface area contributed by atoms with Crippen molar-refractivity contribution >= 4 is 11.8 Å². The minimum atomic E-state index is -4.41. The topological polar surface area (TPSA) is 61.4 Å². The smallest absolute Gasteiger partial charge is 0.343 e. The number of alkyl halides is 3. The molecule has 0 bridgehead atoms. The molecule has 0 spiro atoms. The lowest BCUT2D eigenvalue weighted by molar-refractivity contribution is -0.139. The number of nitrogens with zero attached hydrogens (tertiary/aromatic N) is 1. The Bertz CT molecular complexity index is 604. The SMILES string of the molecule is CNCC(=O)NC1CCCN(Cc2cccc(C(F)(F)F)c2)C1=O. The van der Waals surface area contributed by atoms with Gasteiger partial charge in [-0.05, 0) is 37.6 Å². The van der Waals surface area contributed by atoms with Crippen molar-refractivity contribution in [2.24, 2.45) is 0 Å². The van der Waals surface area contributed by atoms with Crippen molar-refractivity contribution in [1.82, 2.24) is 15.5 Å². The van der Waals surface area contributed by atoms with E-state index in [2.05, 4.69) is 10.6 Å². The van der Waals surface area contributed by atoms with Crippen LogP contribution in [0.25, 0.3) is 0 Å². The molecule has 5 nitrogen and oxygen atoms in total. The van der Waals surface area contributed by atoms with Gasteiger partial charge in [0.1, 0.15) is 6.04 Å². The van der Waals surface area contributed by atoms with Crippen molar-refractivity contribution in [2.45, 2.75) is 31.6 Å².